The van der Waals surface area contributed by atoms with Crippen LogP contribution in [0.15, 0.2) is 42.5 Å². The van der Waals surface area contributed by atoms with Crippen LogP contribution in [0.25, 0.3) is 0 Å². The fraction of sp³-hybridized carbons (Fsp3) is 0.125. The third kappa shape index (κ3) is 3.34. The Balaban J connectivity index is 2.07. The smallest absolute Gasteiger partial charge is 0.123 e. The molecule has 20 heavy (non-hydrogen) atoms. The van der Waals surface area contributed by atoms with E-state index in [2.05, 4.69) is 11.4 Å². The molecule has 0 heterocycles. The van der Waals surface area contributed by atoms with Crippen LogP contribution in [0.3, 0.4) is 0 Å². The zero-order valence-corrected chi connectivity index (χ0v) is 10.7. The zero-order chi connectivity index (χ0) is 14.4. The van der Waals surface area contributed by atoms with Crippen LogP contribution in [0.1, 0.15) is 16.7 Å². The predicted molar refractivity (Wildman–Crippen MR) is 74.2 cm³/mol. The quantitative estimate of drug-likeness (QED) is 0.921. The van der Waals surface area contributed by atoms with Gasteiger partial charge in [-0.1, -0.05) is 12.1 Å². The second-order valence-corrected chi connectivity index (χ2v) is 4.30. The highest BCUT2D eigenvalue weighted by atomic mass is 19.1. The molecule has 0 saturated carbocycles. The second-order valence-electron chi connectivity index (χ2n) is 4.30. The Hall–Kier alpha value is -2.85. The molecule has 0 bridgehead atoms. The van der Waals surface area contributed by atoms with Gasteiger partial charge in [-0.15, -0.1) is 0 Å². The Kier molecular flexibility index (Phi) is 4.32. The molecule has 0 spiro atoms. The molecule has 2 aromatic carbocycles. The van der Waals surface area contributed by atoms with Gasteiger partial charge in [-0.05, 0) is 41.5 Å². The molecule has 0 amide bonds. The summed E-state index contributed by atoms with van der Waals surface area (Å²) in [6.07, 6.45) is 0.378. The molecule has 0 unspecified atom stereocenters. The summed E-state index contributed by atoms with van der Waals surface area (Å²) < 4.78 is 13.2. The number of nitriles is 2. The van der Waals surface area contributed by atoms with Gasteiger partial charge in [0.05, 0.1) is 24.1 Å². The summed E-state index contributed by atoms with van der Waals surface area (Å²) in [5.41, 5.74) is 2.88. The third-order valence-corrected chi connectivity index (χ3v) is 2.91. The lowest BCUT2D eigenvalue weighted by Crippen LogP contribution is -2.02. The molecule has 0 aromatic heterocycles. The molecule has 4 heteroatoms. The van der Waals surface area contributed by atoms with Gasteiger partial charge in [0.2, 0.25) is 0 Å². The summed E-state index contributed by atoms with van der Waals surface area (Å²) in [5, 5.41) is 20.7. The maximum Gasteiger partial charge on any atom is 0.123 e. The van der Waals surface area contributed by atoms with E-state index < -0.39 is 0 Å². The molecule has 0 aliphatic heterocycles. The number of benzene rings is 2. The third-order valence-electron chi connectivity index (χ3n) is 2.91. The average molecular weight is 265 g/mol. The van der Waals surface area contributed by atoms with Crippen molar-refractivity contribution in [2.24, 2.45) is 0 Å². The number of hydrogen-bond acceptors (Lipinski definition) is 3. The number of rotatable bonds is 4. The highest BCUT2D eigenvalue weighted by molar-refractivity contribution is 5.47. The van der Waals surface area contributed by atoms with E-state index >= 15 is 0 Å². The Morgan fingerprint density at radius 3 is 2.45 bits per heavy atom. The molecule has 2 rings (SSSR count). The molecule has 0 fully saturated rings. The van der Waals surface area contributed by atoms with E-state index in [9.17, 15) is 4.39 Å². The second kappa shape index (κ2) is 6.36. The molecular formula is C16H12FN3. The van der Waals surface area contributed by atoms with Crippen LogP contribution in [0, 0.1) is 28.5 Å². The van der Waals surface area contributed by atoms with E-state index in [4.69, 9.17) is 10.5 Å². The van der Waals surface area contributed by atoms with Gasteiger partial charge in [-0.25, -0.2) is 4.39 Å². The molecule has 0 saturated heterocycles. The normalized spacial score (nSPS) is 9.55. The minimum atomic E-state index is -0.356. The standard InChI is InChI=1S/C16H12FN3/c17-15-4-3-13(10-19)14(9-15)11-20-16-5-1-12(2-6-16)7-8-18/h1-6,9,20H,7,11H2. The monoisotopic (exact) mass is 265 g/mol. The topological polar surface area (TPSA) is 59.6 Å². The van der Waals surface area contributed by atoms with Gasteiger partial charge in [-0.3, -0.25) is 0 Å². The maximum absolute atomic E-state index is 13.2. The summed E-state index contributed by atoms with van der Waals surface area (Å²) in [4.78, 5) is 0. The molecular weight excluding hydrogens is 253 g/mol. The lowest BCUT2D eigenvalue weighted by atomic mass is 10.1. The SMILES string of the molecule is N#CCc1ccc(NCc2cc(F)ccc2C#N)cc1. The molecule has 2 aromatic rings. The highest BCUT2D eigenvalue weighted by Gasteiger charge is 2.03. The molecule has 3 nitrogen and oxygen atoms in total. The fourth-order valence-electron chi connectivity index (χ4n) is 1.85. The Bertz CT molecular complexity index is 678. The number of hydrogen-bond donors (Lipinski definition) is 1. The van der Waals surface area contributed by atoms with Crippen LogP contribution in [-0.4, -0.2) is 0 Å². The van der Waals surface area contributed by atoms with E-state index in [0.717, 1.165) is 11.3 Å². The first kappa shape index (κ1) is 13.6. The maximum atomic E-state index is 13.2. The van der Waals surface area contributed by atoms with Crippen molar-refractivity contribution in [3.63, 3.8) is 0 Å². The van der Waals surface area contributed by atoms with Gasteiger partial charge < -0.3 is 5.32 Å². The van der Waals surface area contributed by atoms with Crippen molar-refractivity contribution in [2.75, 3.05) is 5.32 Å². The Labute approximate surface area is 116 Å². The van der Waals surface area contributed by atoms with E-state index in [0.29, 0.717) is 24.1 Å². The van der Waals surface area contributed by atoms with Crippen LogP contribution in [0.4, 0.5) is 10.1 Å². The van der Waals surface area contributed by atoms with Crippen LogP contribution in [0.2, 0.25) is 0 Å². The molecule has 0 aliphatic rings. The highest BCUT2D eigenvalue weighted by Crippen LogP contribution is 2.15. The molecule has 98 valence electrons. The number of nitrogens with zero attached hydrogens (tertiary/aromatic N) is 2. The fourth-order valence-corrected chi connectivity index (χ4v) is 1.85. The summed E-state index contributed by atoms with van der Waals surface area (Å²) in [5.74, 6) is -0.356. The summed E-state index contributed by atoms with van der Waals surface area (Å²) in [6.45, 7) is 0.373. The van der Waals surface area contributed by atoms with Gasteiger partial charge in [-0.2, -0.15) is 10.5 Å². The van der Waals surface area contributed by atoms with Crippen molar-refractivity contribution < 1.29 is 4.39 Å². The largest absolute Gasteiger partial charge is 0.381 e. The first-order valence-corrected chi connectivity index (χ1v) is 6.11. The van der Waals surface area contributed by atoms with Crippen LogP contribution >= 0.6 is 0 Å². The van der Waals surface area contributed by atoms with E-state index in [1.54, 1.807) is 0 Å². The van der Waals surface area contributed by atoms with Crippen molar-refractivity contribution in [3.8, 4) is 12.1 Å². The summed E-state index contributed by atoms with van der Waals surface area (Å²) in [6, 6.07) is 15.7. The van der Waals surface area contributed by atoms with Crippen LogP contribution in [-0.2, 0) is 13.0 Å². The van der Waals surface area contributed by atoms with Gasteiger partial charge in [0.15, 0.2) is 0 Å². The van der Waals surface area contributed by atoms with Gasteiger partial charge >= 0.3 is 0 Å². The van der Waals surface area contributed by atoms with Crippen molar-refractivity contribution in [2.45, 2.75) is 13.0 Å². The molecule has 0 atom stereocenters. The molecule has 0 aliphatic carbocycles. The predicted octanol–water partition coefficient (Wildman–Crippen LogP) is 3.38. The van der Waals surface area contributed by atoms with E-state index in [1.807, 2.05) is 30.3 Å². The van der Waals surface area contributed by atoms with E-state index in [-0.39, 0.29) is 5.82 Å². The summed E-state index contributed by atoms with van der Waals surface area (Å²) in [7, 11) is 0. The number of nitrogens with one attached hydrogen (secondary N) is 1. The minimum absolute atomic E-state index is 0.356. The molecule has 1 N–H and O–H groups in total. The lowest BCUT2D eigenvalue weighted by Gasteiger charge is -2.08. The molecule has 0 radical (unpaired) electrons. The lowest BCUT2D eigenvalue weighted by molar-refractivity contribution is 0.625. The van der Waals surface area contributed by atoms with E-state index in [1.165, 1.54) is 18.2 Å². The van der Waals surface area contributed by atoms with Crippen LogP contribution in [0.5, 0.6) is 0 Å². The van der Waals surface area contributed by atoms with Gasteiger partial charge in [0.1, 0.15) is 5.82 Å². The zero-order valence-electron chi connectivity index (χ0n) is 10.7. The van der Waals surface area contributed by atoms with Crippen molar-refractivity contribution >= 4 is 5.69 Å². The van der Waals surface area contributed by atoms with Gasteiger partial charge in [0.25, 0.3) is 0 Å². The van der Waals surface area contributed by atoms with Gasteiger partial charge in [0, 0.05) is 12.2 Å². The minimum Gasteiger partial charge on any atom is -0.381 e. The summed E-state index contributed by atoms with van der Waals surface area (Å²) >= 11 is 0. The Morgan fingerprint density at radius 1 is 1.05 bits per heavy atom. The average Bonchev–Trinajstić information content (AvgIpc) is 2.47. The van der Waals surface area contributed by atoms with Crippen molar-refractivity contribution in [1.29, 1.82) is 10.5 Å². The van der Waals surface area contributed by atoms with Crippen LogP contribution < -0.4 is 5.32 Å². The number of anilines is 1. The first-order valence-electron chi connectivity index (χ1n) is 6.11. The first-order chi connectivity index (χ1) is 9.72. The van der Waals surface area contributed by atoms with Crippen molar-refractivity contribution in [3.05, 3.63) is 65.0 Å². The number of halogens is 1. The van der Waals surface area contributed by atoms with Crippen molar-refractivity contribution in [1.82, 2.24) is 0 Å². The Morgan fingerprint density at radius 2 is 1.80 bits per heavy atom.